The molecule has 2 aromatic heterocycles. The van der Waals surface area contributed by atoms with E-state index in [9.17, 15) is 0 Å². The number of hydrogen-bond donors (Lipinski definition) is 1. The van der Waals surface area contributed by atoms with Gasteiger partial charge in [-0.3, -0.25) is 0 Å². The number of aromatic nitrogens is 1. The molecule has 96 valence electrons. The van der Waals surface area contributed by atoms with Crippen LogP contribution in [0, 0.1) is 6.92 Å². The van der Waals surface area contributed by atoms with Gasteiger partial charge in [0.1, 0.15) is 5.82 Å². The van der Waals surface area contributed by atoms with Crippen molar-refractivity contribution < 1.29 is 4.42 Å². The van der Waals surface area contributed by atoms with E-state index in [1.807, 2.05) is 26.4 Å². The van der Waals surface area contributed by atoms with Crippen molar-refractivity contribution in [2.45, 2.75) is 20.0 Å². The van der Waals surface area contributed by atoms with Crippen molar-refractivity contribution in [3.8, 4) is 0 Å². The number of nitrogens with zero attached hydrogens (tertiary/aromatic N) is 2. The number of hydrogen-bond acceptors (Lipinski definition) is 4. The smallest absolute Gasteiger partial charge is 0.131 e. The molecular formula is C14H19N3O. The second kappa shape index (κ2) is 5.69. The predicted octanol–water partition coefficient (Wildman–Crippen LogP) is 2.34. The minimum atomic E-state index is 0.801. The summed E-state index contributed by atoms with van der Waals surface area (Å²) in [6, 6.07) is 4.14. The van der Waals surface area contributed by atoms with E-state index >= 15 is 0 Å². The average Bonchev–Trinajstić information content (AvgIpc) is 2.82. The summed E-state index contributed by atoms with van der Waals surface area (Å²) in [5.41, 5.74) is 3.54. The Morgan fingerprint density at radius 3 is 2.83 bits per heavy atom. The monoisotopic (exact) mass is 245 g/mol. The molecule has 4 nitrogen and oxygen atoms in total. The molecule has 0 radical (unpaired) electrons. The van der Waals surface area contributed by atoms with Crippen LogP contribution in [0.5, 0.6) is 0 Å². The molecule has 0 bridgehead atoms. The summed E-state index contributed by atoms with van der Waals surface area (Å²) in [5.74, 6) is 1.01. The van der Waals surface area contributed by atoms with Gasteiger partial charge >= 0.3 is 0 Å². The Morgan fingerprint density at radius 2 is 2.22 bits per heavy atom. The quantitative estimate of drug-likeness (QED) is 0.878. The van der Waals surface area contributed by atoms with Gasteiger partial charge in [0.25, 0.3) is 0 Å². The van der Waals surface area contributed by atoms with Crippen LogP contribution < -0.4 is 10.2 Å². The first kappa shape index (κ1) is 12.6. The first-order chi connectivity index (χ1) is 8.70. The molecule has 0 fully saturated rings. The summed E-state index contributed by atoms with van der Waals surface area (Å²) in [6.07, 6.45) is 5.38. The maximum absolute atomic E-state index is 5.08. The Balaban J connectivity index is 2.12. The van der Waals surface area contributed by atoms with E-state index in [1.54, 1.807) is 12.5 Å². The number of anilines is 1. The summed E-state index contributed by atoms with van der Waals surface area (Å²) in [6.45, 7) is 3.74. The molecule has 0 aromatic carbocycles. The molecule has 0 aliphatic carbocycles. The first-order valence-corrected chi connectivity index (χ1v) is 6.03. The van der Waals surface area contributed by atoms with Gasteiger partial charge in [0, 0.05) is 31.9 Å². The van der Waals surface area contributed by atoms with E-state index in [2.05, 4.69) is 28.2 Å². The SMILES string of the molecule is CNCc1cnc(N(C)Cc2ccoc2)c(C)c1. The van der Waals surface area contributed by atoms with Crippen LogP contribution in [0.25, 0.3) is 0 Å². The van der Waals surface area contributed by atoms with Crippen molar-refractivity contribution in [1.82, 2.24) is 10.3 Å². The van der Waals surface area contributed by atoms with E-state index in [4.69, 9.17) is 4.42 Å². The molecule has 2 aromatic rings. The summed E-state index contributed by atoms with van der Waals surface area (Å²) in [5, 5.41) is 3.13. The van der Waals surface area contributed by atoms with Crippen molar-refractivity contribution in [2.75, 3.05) is 19.0 Å². The third-order valence-electron chi connectivity index (χ3n) is 2.85. The summed E-state index contributed by atoms with van der Waals surface area (Å²) in [7, 11) is 3.98. The van der Waals surface area contributed by atoms with Crippen LogP contribution >= 0.6 is 0 Å². The Morgan fingerprint density at radius 1 is 1.39 bits per heavy atom. The Bertz CT molecular complexity index is 494. The van der Waals surface area contributed by atoms with E-state index in [-0.39, 0.29) is 0 Å². The highest BCUT2D eigenvalue weighted by molar-refractivity contribution is 5.47. The van der Waals surface area contributed by atoms with E-state index < -0.39 is 0 Å². The van der Waals surface area contributed by atoms with Crippen LogP contribution in [0.3, 0.4) is 0 Å². The molecule has 0 amide bonds. The average molecular weight is 245 g/mol. The van der Waals surface area contributed by atoms with Crippen molar-refractivity contribution in [2.24, 2.45) is 0 Å². The number of aryl methyl sites for hydroxylation is 1. The molecule has 4 heteroatoms. The lowest BCUT2D eigenvalue weighted by Crippen LogP contribution is -2.19. The zero-order chi connectivity index (χ0) is 13.0. The van der Waals surface area contributed by atoms with Gasteiger partial charge in [0.2, 0.25) is 0 Å². The zero-order valence-electron chi connectivity index (χ0n) is 11.1. The van der Waals surface area contributed by atoms with Crippen molar-refractivity contribution in [3.05, 3.63) is 47.5 Å². The highest BCUT2D eigenvalue weighted by atomic mass is 16.3. The topological polar surface area (TPSA) is 41.3 Å². The molecule has 1 N–H and O–H groups in total. The number of pyridine rings is 1. The third-order valence-corrected chi connectivity index (χ3v) is 2.85. The summed E-state index contributed by atoms with van der Waals surface area (Å²) >= 11 is 0. The van der Waals surface area contributed by atoms with Gasteiger partial charge in [-0.1, -0.05) is 0 Å². The number of furan rings is 1. The lowest BCUT2D eigenvalue weighted by Gasteiger charge is -2.19. The zero-order valence-corrected chi connectivity index (χ0v) is 11.1. The number of nitrogens with one attached hydrogen (secondary N) is 1. The third kappa shape index (κ3) is 2.90. The largest absolute Gasteiger partial charge is 0.472 e. The van der Waals surface area contributed by atoms with Crippen LogP contribution in [-0.2, 0) is 13.1 Å². The van der Waals surface area contributed by atoms with Gasteiger partial charge in [-0.05, 0) is 37.2 Å². The lowest BCUT2D eigenvalue weighted by atomic mass is 10.2. The fourth-order valence-electron chi connectivity index (χ4n) is 2.06. The molecule has 0 unspecified atom stereocenters. The van der Waals surface area contributed by atoms with Gasteiger partial charge in [-0.15, -0.1) is 0 Å². The van der Waals surface area contributed by atoms with Crippen molar-refractivity contribution in [3.63, 3.8) is 0 Å². The van der Waals surface area contributed by atoms with Crippen molar-refractivity contribution in [1.29, 1.82) is 0 Å². The second-order valence-electron chi connectivity index (χ2n) is 4.50. The van der Waals surface area contributed by atoms with Crippen LogP contribution in [0.4, 0.5) is 5.82 Å². The highest BCUT2D eigenvalue weighted by Gasteiger charge is 2.08. The van der Waals surface area contributed by atoms with Gasteiger partial charge in [0.15, 0.2) is 0 Å². The maximum Gasteiger partial charge on any atom is 0.131 e. The fourth-order valence-corrected chi connectivity index (χ4v) is 2.06. The molecule has 0 atom stereocenters. The molecule has 0 aliphatic heterocycles. The first-order valence-electron chi connectivity index (χ1n) is 6.03. The minimum absolute atomic E-state index is 0.801. The molecule has 0 spiro atoms. The van der Waals surface area contributed by atoms with Crippen molar-refractivity contribution >= 4 is 5.82 Å². The van der Waals surface area contributed by atoms with E-state index in [1.165, 1.54) is 11.1 Å². The Hall–Kier alpha value is -1.81. The highest BCUT2D eigenvalue weighted by Crippen LogP contribution is 2.18. The predicted molar refractivity (Wildman–Crippen MR) is 72.6 cm³/mol. The molecule has 0 aliphatic rings. The normalized spacial score (nSPS) is 10.6. The van der Waals surface area contributed by atoms with E-state index in [0.717, 1.165) is 24.5 Å². The minimum Gasteiger partial charge on any atom is -0.472 e. The van der Waals surface area contributed by atoms with Crippen LogP contribution in [-0.4, -0.2) is 19.1 Å². The van der Waals surface area contributed by atoms with Gasteiger partial charge in [0.05, 0.1) is 12.5 Å². The molecule has 18 heavy (non-hydrogen) atoms. The lowest BCUT2D eigenvalue weighted by molar-refractivity contribution is 0.563. The Kier molecular flexibility index (Phi) is 3.99. The second-order valence-corrected chi connectivity index (χ2v) is 4.50. The number of rotatable bonds is 5. The maximum atomic E-state index is 5.08. The summed E-state index contributed by atoms with van der Waals surface area (Å²) in [4.78, 5) is 6.66. The van der Waals surface area contributed by atoms with Crippen LogP contribution in [0.2, 0.25) is 0 Å². The Labute approximate surface area is 108 Å². The molecule has 0 saturated heterocycles. The molecule has 2 rings (SSSR count). The fraction of sp³-hybridized carbons (Fsp3) is 0.357. The molecule has 0 saturated carbocycles. The molecular weight excluding hydrogens is 226 g/mol. The summed E-state index contributed by atoms with van der Waals surface area (Å²) < 4.78 is 5.08. The van der Waals surface area contributed by atoms with Gasteiger partial charge in [-0.25, -0.2) is 4.98 Å². The molecule has 2 heterocycles. The van der Waals surface area contributed by atoms with Crippen LogP contribution in [0.1, 0.15) is 16.7 Å². The van der Waals surface area contributed by atoms with Gasteiger partial charge in [-0.2, -0.15) is 0 Å². The standard InChI is InChI=1S/C14H19N3O/c1-11-6-13(7-15-2)8-16-14(11)17(3)9-12-4-5-18-10-12/h4-6,8,10,15H,7,9H2,1-3H3. The van der Waals surface area contributed by atoms with Crippen LogP contribution in [0.15, 0.2) is 35.3 Å². The van der Waals surface area contributed by atoms with Gasteiger partial charge < -0.3 is 14.6 Å². The van der Waals surface area contributed by atoms with E-state index in [0.29, 0.717) is 0 Å².